The molecule has 0 atom stereocenters. The molecule has 1 aliphatic rings. The van der Waals surface area contributed by atoms with Crippen LogP contribution in [-0.2, 0) is 12.3 Å². The number of rotatable bonds is 2. The third-order valence-corrected chi connectivity index (χ3v) is 10.7. The maximum absolute atomic E-state index is 6.11. The highest BCUT2D eigenvalue weighted by Crippen LogP contribution is 2.11. The van der Waals surface area contributed by atoms with E-state index in [9.17, 15) is 0 Å². The summed E-state index contributed by atoms with van der Waals surface area (Å²) in [5.74, 6) is 0. The van der Waals surface area contributed by atoms with Crippen molar-refractivity contribution >= 4 is 38.9 Å². The van der Waals surface area contributed by atoms with Gasteiger partial charge in [-0.05, 0) is 10.4 Å². The molecule has 0 amide bonds. The SMILES string of the molecule is c1ccc([Si]2(c3ccccc3)O[SiH2]O[SiH2]O2)cc1. The first kappa shape index (κ1) is 12.0. The first-order valence-electron chi connectivity index (χ1n) is 5.88. The molecule has 1 fully saturated rings. The van der Waals surface area contributed by atoms with Gasteiger partial charge in [0.15, 0.2) is 0 Å². The van der Waals surface area contributed by atoms with Crippen LogP contribution in [0.2, 0.25) is 0 Å². The Morgan fingerprint density at radius 3 is 1.56 bits per heavy atom. The van der Waals surface area contributed by atoms with E-state index < -0.39 is 28.6 Å². The third kappa shape index (κ3) is 2.14. The molecule has 1 saturated heterocycles. The molecule has 2 aromatic carbocycles. The van der Waals surface area contributed by atoms with Gasteiger partial charge in [-0.25, -0.2) is 0 Å². The first-order chi connectivity index (χ1) is 8.92. The Balaban J connectivity index is 2.10. The molecule has 0 bridgehead atoms. The molecule has 18 heavy (non-hydrogen) atoms. The Morgan fingerprint density at radius 1 is 0.667 bits per heavy atom. The molecule has 3 rings (SSSR count). The smallest absolute Gasteiger partial charge is 0.388 e. The van der Waals surface area contributed by atoms with E-state index in [2.05, 4.69) is 24.3 Å². The van der Waals surface area contributed by atoms with E-state index in [1.54, 1.807) is 0 Å². The van der Waals surface area contributed by atoms with Crippen LogP contribution in [0, 0.1) is 0 Å². The van der Waals surface area contributed by atoms with E-state index in [0.717, 1.165) is 0 Å². The lowest BCUT2D eigenvalue weighted by Crippen LogP contribution is -2.66. The molecule has 0 saturated carbocycles. The maximum Gasteiger partial charge on any atom is 0.388 e. The summed E-state index contributed by atoms with van der Waals surface area (Å²) in [6, 6.07) is 20.6. The van der Waals surface area contributed by atoms with E-state index >= 15 is 0 Å². The van der Waals surface area contributed by atoms with Crippen molar-refractivity contribution in [1.82, 2.24) is 0 Å². The van der Waals surface area contributed by atoms with Crippen molar-refractivity contribution in [3.8, 4) is 0 Å². The average Bonchev–Trinajstić information content (AvgIpc) is 2.50. The summed E-state index contributed by atoms with van der Waals surface area (Å²) in [4.78, 5) is 0. The Bertz CT molecular complexity index is 459. The van der Waals surface area contributed by atoms with Crippen LogP contribution in [0.25, 0.3) is 0 Å². The van der Waals surface area contributed by atoms with Crippen LogP contribution in [-0.4, -0.2) is 28.6 Å². The van der Waals surface area contributed by atoms with Crippen LogP contribution in [0.3, 0.4) is 0 Å². The van der Waals surface area contributed by atoms with Crippen molar-refractivity contribution in [1.29, 1.82) is 0 Å². The van der Waals surface area contributed by atoms with Crippen LogP contribution < -0.4 is 10.4 Å². The topological polar surface area (TPSA) is 27.7 Å². The molecule has 0 N–H and O–H groups in total. The molecule has 0 unspecified atom stereocenters. The predicted molar refractivity (Wildman–Crippen MR) is 78.2 cm³/mol. The van der Waals surface area contributed by atoms with E-state index in [0.29, 0.717) is 0 Å². The van der Waals surface area contributed by atoms with Gasteiger partial charge in [0.1, 0.15) is 0 Å². The van der Waals surface area contributed by atoms with Crippen molar-refractivity contribution in [2.45, 2.75) is 0 Å². The molecule has 0 aromatic heterocycles. The highest BCUT2D eigenvalue weighted by Gasteiger charge is 2.43. The van der Waals surface area contributed by atoms with E-state index in [1.165, 1.54) is 10.4 Å². The van der Waals surface area contributed by atoms with E-state index in [-0.39, 0.29) is 0 Å². The van der Waals surface area contributed by atoms with Crippen LogP contribution in [0.1, 0.15) is 0 Å². The molecule has 0 radical (unpaired) electrons. The van der Waals surface area contributed by atoms with E-state index in [1.807, 2.05) is 36.4 Å². The van der Waals surface area contributed by atoms with Crippen molar-refractivity contribution in [3.05, 3.63) is 60.7 Å². The molecule has 0 aliphatic carbocycles. The summed E-state index contributed by atoms with van der Waals surface area (Å²) in [5.41, 5.74) is 0. The normalized spacial score (nSPS) is 21.1. The Morgan fingerprint density at radius 2 is 1.11 bits per heavy atom. The molecule has 92 valence electrons. The molecular weight excluding hydrogens is 276 g/mol. The summed E-state index contributed by atoms with van der Waals surface area (Å²) in [6.45, 7) is 0. The second-order valence-electron chi connectivity index (χ2n) is 4.08. The number of benzene rings is 2. The minimum absolute atomic E-state index is 0.885. The third-order valence-electron chi connectivity index (χ3n) is 3.00. The fraction of sp³-hybridized carbons (Fsp3) is 0. The molecule has 0 spiro atoms. The van der Waals surface area contributed by atoms with Gasteiger partial charge in [0, 0.05) is 0 Å². The second kappa shape index (κ2) is 5.31. The molecule has 1 heterocycles. The molecular formula is C12H14O3Si3. The molecule has 2 aromatic rings. The quantitative estimate of drug-likeness (QED) is 0.685. The van der Waals surface area contributed by atoms with Crippen LogP contribution >= 0.6 is 0 Å². The Hall–Kier alpha value is -1.03. The van der Waals surface area contributed by atoms with Gasteiger partial charge in [-0.3, -0.25) is 0 Å². The Labute approximate surface area is 112 Å². The average molecular weight is 290 g/mol. The lowest BCUT2D eigenvalue weighted by molar-refractivity contribution is 0.319. The highest BCUT2D eigenvalue weighted by atomic mass is 28.5. The predicted octanol–water partition coefficient (Wildman–Crippen LogP) is -0.696. The summed E-state index contributed by atoms with van der Waals surface area (Å²) in [6.07, 6.45) is 0. The Kier molecular flexibility index (Phi) is 3.55. The van der Waals surface area contributed by atoms with E-state index in [4.69, 9.17) is 12.3 Å². The second-order valence-corrected chi connectivity index (χ2v) is 10.9. The van der Waals surface area contributed by atoms with Crippen molar-refractivity contribution < 1.29 is 12.3 Å². The fourth-order valence-corrected chi connectivity index (χ4v) is 11.3. The minimum atomic E-state index is -2.44. The fourth-order valence-electron chi connectivity index (χ4n) is 2.14. The summed E-state index contributed by atoms with van der Waals surface area (Å²) in [5, 5.41) is 2.36. The van der Waals surface area contributed by atoms with Gasteiger partial charge in [0.05, 0.1) is 0 Å². The van der Waals surface area contributed by atoms with Gasteiger partial charge in [-0.2, -0.15) is 0 Å². The number of hydrogen-bond acceptors (Lipinski definition) is 3. The van der Waals surface area contributed by atoms with Crippen molar-refractivity contribution in [2.75, 3.05) is 0 Å². The zero-order valence-corrected chi connectivity index (χ0v) is 13.7. The standard InChI is InChI=1S/C12H14O3Si3/c1-3-7-11(8-4-1)18(14-16-13-17-15-18)12-9-5-2-6-10-12/h1-10H,16-17H2. The van der Waals surface area contributed by atoms with Gasteiger partial charge in [-0.1, -0.05) is 60.7 Å². The van der Waals surface area contributed by atoms with Crippen LogP contribution in [0.4, 0.5) is 0 Å². The van der Waals surface area contributed by atoms with Gasteiger partial charge in [0.25, 0.3) is 20.0 Å². The molecule has 1 aliphatic heterocycles. The largest absolute Gasteiger partial charge is 0.425 e. The summed E-state index contributed by atoms with van der Waals surface area (Å²) >= 11 is 0. The molecule has 6 heteroatoms. The van der Waals surface area contributed by atoms with Gasteiger partial charge < -0.3 is 12.3 Å². The monoisotopic (exact) mass is 290 g/mol. The minimum Gasteiger partial charge on any atom is -0.425 e. The van der Waals surface area contributed by atoms with Crippen LogP contribution in [0.15, 0.2) is 60.7 Å². The number of hydrogen-bond donors (Lipinski definition) is 0. The lowest BCUT2D eigenvalue weighted by Gasteiger charge is -2.35. The summed E-state index contributed by atoms with van der Waals surface area (Å²) in [7, 11) is -4.21. The van der Waals surface area contributed by atoms with Gasteiger partial charge in [0.2, 0.25) is 0 Å². The lowest BCUT2D eigenvalue weighted by atomic mass is 10.4. The van der Waals surface area contributed by atoms with Crippen molar-refractivity contribution in [3.63, 3.8) is 0 Å². The van der Waals surface area contributed by atoms with Crippen LogP contribution in [0.5, 0.6) is 0 Å². The van der Waals surface area contributed by atoms with Crippen molar-refractivity contribution in [2.24, 2.45) is 0 Å². The first-order valence-corrected chi connectivity index (χ1v) is 10.0. The zero-order valence-electron chi connectivity index (χ0n) is 9.91. The molecule has 3 nitrogen and oxygen atoms in total. The zero-order chi connectivity index (χ0) is 12.3. The maximum atomic E-state index is 6.11. The van der Waals surface area contributed by atoms with Gasteiger partial charge >= 0.3 is 8.56 Å². The van der Waals surface area contributed by atoms with Gasteiger partial charge in [-0.15, -0.1) is 0 Å². The highest BCUT2D eigenvalue weighted by molar-refractivity contribution is 6.97. The summed E-state index contributed by atoms with van der Waals surface area (Å²) < 4.78 is 17.6.